The lowest BCUT2D eigenvalue weighted by molar-refractivity contribution is 0.346. The van der Waals surface area contributed by atoms with E-state index in [9.17, 15) is 0 Å². The molecule has 0 amide bonds. The normalized spacial score (nSPS) is 12.0. The van der Waals surface area contributed by atoms with E-state index in [2.05, 4.69) is 52.1 Å². The number of allylic oxidation sites excluding steroid dienone is 1. The van der Waals surface area contributed by atoms with Crippen molar-refractivity contribution < 1.29 is 4.74 Å². The Balaban J connectivity index is 2.29. The summed E-state index contributed by atoms with van der Waals surface area (Å²) < 4.78 is 6.11. The number of aliphatic imine (C=N–C) groups is 1. The number of pyridine rings is 2. The quantitative estimate of drug-likeness (QED) is 0.501. The van der Waals surface area contributed by atoms with Crippen LogP contribution in [0, 0.1) is 6.92 Å². The first kappa shape index (κ1) is 21.6. The number of aryl methyl sites for hydroxylation is 2. The molecule has 2 aromatic rings. The topological polar surface area (TPSA) is 62.6 Å². The molecule has 2 heterocycles. The fraction of sp³-hybridized carbons (Fsp3) is 0.409. The zero-order valence-electron chi connectivity index (χ0n) is 17.6. The SMILES string of the molecule is CCCN(C)C/N=C\C(=C/NC)Oc1ncccc1-c1cc(C)cnc1CC. The van der Waals surface area contributed by atoms with Crippen molar-refractivity contribution in [2.45, 2.75) is 33.6 Å². The van der Waals surface area contributed by atoms with Gasteiger partial charge in [0.15, 0.2) is 5.76 Å². The molecular formula is C22H31N5O. The third-order valence-electron chi connectivity index (χ3n) is 4.15. The summed E-state index contributed by atoms with van der Waals surface area (Å²) in [6.07, 6.45) is 9.08. The molecule has 6 heteroatoms. The van der Waals surface area contributed by atoms with Crippen molar-refractivity contribution in [2.24, 2.45) is 4.99 Å². The van der Waals surface area contributed by atoms with Crippen LogP contribution in [0.25, 0.3) is 11.1 Å². The first-order valence-corrected chi connectivity index (χ1v) is 9.73. The van der Waals surface area contributed by atoms with Crippen molar-refractivity contribution in [1.29, 1.82) is 0 Å². The van der Waals surface area contributed by atoms with Crippen molar-refractivity contribution >= 4 is 6.21 Å². The highest BCUT2D eigenvalue weighted by molar-refractivity contribution is 5.78. The highest BCUT2D eigenvalue weighted by Gasteiger charge is 2.13. The maximum absolute atomic E-state index is 6.11. The standard InChI is InChI=1S/C22H31N5O/c1-6-11-27(5)16-24-15-18(14-23-4)28-22-19(9-8-10-25-22)20-12-17(3)13-26-21(20)7-2/h8-10,12-15,23H,6-7,11,16H2,1-5H3/b18-14+,24-15-. The molecule has 0 aliphatic heterocycles. The van der Waals surface area contributed by atoms with E-state index in [-0.39, 0.29) is 0 Å². The van der Waals surface area contributed by atoms with Gasteiger partial charge in [0.1, 0.15) is 0 Å². The van der Waals surface area contributed by atoms with Crippen LogP contribution < -0.4 is 10.1 Å². The lowest BCUT2D eigenvalue weighted by Crippen LogP contribution is -2.19. The number of aromatic nitrogens is 2. The summed E-state index contributed by atoms with van der Waals surface area (Å²) in [6.45, 7) is 7.92. The number of nitrogens with zero attached hydrogens (tertiary/aromatic N) is 4. The molecule has 0 radical (unpaired) electrons. The Hall–Kier alpha value is -2.73. The van der Waals surface area contributed by atoms with Crippen LogP contribution in [0.5, 0.6) is 5.88 Å². The minimum Gasteiger partial charge on any atom is -0.435 e. The van der Waals surface area contributed by atoms with Gasteiger partial charge in [-0.3, -0.25) is 14.9 Å². The van der Waals surface area contributed by atoms with Crippen LogP contribution in [0.1, 0.15) is 31.5 Å². The Morgan fingerprint density at radius 2 is 2.11 bits per heavy atom. The molecule has 0 fully saturated rings. The minimum absolute atomic E-state index is 0.541. The van der Waals surface area contributed by atoms with E-state index in [4.69, 9.17) is 4.74 Å². The van der Waals surface area contributed by atoms with Gasteiger partial charge in [-0.05, 0) is 57.1 Å². The Morgan fingerprint density at radius 1 is 1.29 bits per heavy atom. The van der Waals surface area contributed by atoms with Crippen molar-refractivity contribution in [3.05, 3.63) is 53.8 Å². The Bertz CT molecular complexity index is 816. The average molecular weight is 382 g/mol. The molecule has 2 aromatic heterocycles. The Kier molecular flexibility index (Phi) is 8.62. The zero-order chi connectivity index (χ0) is 20.4. The van der Waals surface area contributed by atoms with Crippen LogP contribution in [0.3, 0.4) is 0 Å². The lowest BCUT2D eigenvalue weighted by atomic mass is 10.0. The molecule has 0 spiro atoms. The predicted octanol–water partition coefficient (Wildman–Crippen LogP) is 3.82. The fourth-order valence-electron chi connectivity index (χ4n) is 2.86. The molecule has 0 saturated heterocycles. The summed E-state index contributed by atoms with van der Waals surface area (Å²) >= 11 is 0. The maximum atomic E-state index is 6.11. The third kappa shape index (κ3) is 6.16. The summed E-state index contributed by atoms with van der Waals surface area (Å²) in [5, 5.41) is 3.01. The van der Waals surface area contributed by atoms with E-state index >= 15 is 0 Å². The van der Waals surface area contributed by atoms with Crippen LogP contribution in [-0.2, 0) is 6.42 Å². The van der Waals surface area contributed by atoms with E-state index in [0.717, 1.165) is 41.8 Å². The second-order valence-electron chi connectivity index (χ2n) is 6.69. The van der Waals surface area contributed by atoms with Gasteiger partial charge in [-0.2, -0.15) is 0 Å². The molecular weight excluding hydrogens is 350 g/mol. The molecule has 0 unspecified atom stereocenters. The molecule has 2 rings (SSSR count). The number of nitrogens with one attached hydrogen (secondary N) is 1. The van der Waals surface area contributed by atoms with E-state index in [1.54, 1.807) is 18.6 Å². The number of hydrogen-bond donors (Lipinski definition) is 1. The van der Waals surface area contributed by atoms with Gasteiger partial charge in [0, 0.05) is 42.5 Å². The van der Waals surface area contributed by atoms with E-state index in [0.29, 0.717) is 18.3 Å². The van der Waals surface area contributed by atoms with Crippen LogP contribution in [-0.4, -0.2) is 48.4 Å². The molecule has 6 nitrogen and oxygen atoms in total. The van der Waals surface area contributed by atoms with Gasteiger partial charge in [0.05, 0.1) is 12.9 Å². The summed E-state index contributed by atoms with van der Waals surface area (Å²) in [7, 11) is 3.89. The van der Waals surface area contributed by atoms with Gasteiger partial charge in [0.2, 0.25) is 5.88 Å². The van der Waals surface area contributed by atoms with Crippen LogP contribution in [0.2, 0.25) is 0 Å². The number of ether oxygens (including phenoxy) is 1. The molecule has 0 aliphatic rings. The second kappa shape index (κ2) is 11.2. The van der Waals surface area contributed by atoms with Crippen molar-refractivity contribution in [3.8, 4) is 17.0 Å². The van der Waals surface area contributed by atoms with Gasteiger partial charge in [-0.25, -0.2) is 4.98 Å². The minimum atomic E-state index is 0.541. The molecule has 0 saturated carbocycles. The van der Waals surface area contributed by atoms with Crippen molar-refractivity contribution in [1.82, 2.24) is 20.2 Å². The summed E-state index contributed by atoms with van der Waals surface area (Å²) in [5.74, 6) is 1.14. The lowest BCUT2D eigenvalue weighted by Gasteiger charge is -2.14. The van der Waals surface area contributed by atoms with E-state index in [1.807, 2.05) is 32.3 Å². The van der Waals surface area contributed by atoms with E-state index < -0.39 is 0 Å². The second-order valence-corrected chi connectivity index (χ2v) is 6.69. The largest absolute Gasteiger partial charge is 0.435 e. The molecule has 150 valence electrons. The van der Waals surface area contributed by atoms with E-state index in [1.165, 1.54) is 0 Å². The van der Waals surface area contributed by atoms with Crippen molar-refractivity contribution in [3.63, 3.8) is 0 Å². The summed E-state index contributed by atoms with van der Waals surface area (Å²) in [4.78, 5) is 15.7. The van der Waals surface area contributed by atoms with Gasteiger partial charge >= 0.3 is 0 Å². The van der Waals surface area contributed by atoms with Crippen LogP contribution >= 0.6 is 0 Å². The molecule has 0 atom stereocenters. The molecule has 0 aromatic carbocycles. The van der Waals surface area contributed by atoms with Gasteiger partial charge in [-0.15, -0.1) is 0 Å². The molecule has 0 bridgehead atoms. The Morgan fingerprint density at radius 3 is 2.82 bits per heavy atom. The molecule has 0 aliphatic carbocycles. The molecule has 28 heavy (non-hydrogen) atoms. The fourth-order valence-corrected chi connectivity index (χ4v) is 2.86. The van der Waals surface area contributed by atoms with Gasteiger partial charge in [0.25, 0.3) is 0 Å². The number of rotatable bonds is 10. The Labute approximate surface area is 168 Å². The van der Waals surface area contributed by atoms with Crippen LogP contribution in [0.15, 0.2) is 47.5 Å². The summed E-state index contributed by atoms with van der Waals surface area (Å²) in [6, 6.07) is 6.06. The highest BCUT2D eigenvalue weighted by atomic mass is 16.5. The predicted molar refractivity (Wildman–Crippen MR) is 116 cm³/mol. The average Bonchev–Trinajstić information content (AvgIpc) is 2.68. The molecule has 1 N–H and O–H groups in total. The van der Waals surface area contributed by atoms with Gasteiger partial charge < -0.3 is 10.1 Å². The summed E-state index contributed by atoms with van der Waals surface area (Å²) in [5.41, 5.74) is 4.11. The number of hydrogen-bond acceptors (Lipinski definition) is 6. The zero-order valence-corrected chi connectivity index (χ0v) is 17.6. The first-order chi connectivity index (χ1) is 13.6. The monoisotopic (exact) mass is 381 g/mol. The maximum Gasteiger partial charge on any atom is 0.227 e. The third-order valence-corrected chi connectivity index (χ3v) is 4.15. The van der Waals surface area contributed by atoms with Gasteiger partial charge in [-0.1, -0.05) is 13.8 Å². The van der Waals surface area contributed by atoms with Crippen molar-refractivity contribution in [2.75, 3.05) is 27.3 Å². The van der Waals surface area contributed by atoms with Crippen LogP contribution in [0.4, 0.5) is 0 Å². The smallest absolute Gasteiger partial charge is 0.227 e. The first-order valence-electron chi connectivity index (χ1n) is 9.73. The highest BCUT2D eigenvalue weighted by Crippen LogP contribution is 2.31.